The van der Waals surface area contributed by atoms with Crippen LogP contribution >= 0.6 is 0 Å². The maximum absolute atomic E-state index is 12.3. The molecule has 3 rings (SSSR count). The molecule has 2 aromatic carbocycles. The summed E-state index contributed by atoms with van der Waals surface area (Å²) in [4.78, 5) is 24.2. The van der Waals surface area contributed by atoms with E-state index in [0.29, 0.717) is 12.2 Å². The molecule has 138 valence electrons. The first-order valence-corrected chi connectivity index (χ1v) is 8.67. The first-order chi connectivity index (χ1) is 13.1. The van der Waals surface area contributed by atoms with E-state index in [-0.39, 0.29) is 18.2 Å². The molecule has 5 nitrogen and oxygen atoms in total. The van der Waals surface area contributed by atoms with Gasteiger partial charge in [-0.15, -0.1) is 0 Å². The van der Waals surface area contributed by atoms with Gasteiger partial charge in [-0.05, 0) is 43.7 Å². The van der Waals surface area contributed by atoms with E-state index in [0.717, 1.165) is 22.3 Å². The van der Waals surface area contributed by atoms with Crippen LogP contribution in [0.2, 0.25) is 0 Å². The number of furan rings is 1. The quantitative estimate of drug-likeness (QED) is 0.349. The maximum atomic E-state index is 12.3. The Morgan fingerprint density at radius 1 is 1.07 bits per heavy atom. The van der Waals surface area contributed by atoms with Gasteiger partial charge in [0.2, 0.25) is 5.78 Å². The van der Waals surface area contributed by atoms with Crippen molar-refractivity contribution in [2.45, 2.75) is 13.8 Å². The fourth-order valence-electron chi connectivity index (χ4n) is 2.70. The van der Waals surface area contributed by atoms with Crippen LogP contribution in [-0.2, 0) is 9.53 Å². The summed E-state index contributed by atoms with van der Waals surface area (Å²) in [5.41, 5.74) is 2.21. The van der Waals surface area contributed by atoms with Crippen LogP contribution in [0.15, 0.2) is 59.0 Å². The fourth-order valence-corrected chi connectivity index (χ4v) is 2.70. The predicted molar refractivity (Wildman–Crippen MR) is 103 cm³/mol. The Hall–Kier alpha value is -3.34. The minimum absolute atomic E-state index is 0.222. The van der Waals surface area contributed by atoms with E-state index in [1.165, 1.54) is 6.08 Å². The van der Waals surface area contributed by atoms with Crippen molar-refractivity contribution in [3.8, 4) is 5.75 Å². The number of carbonyl (C=O) groups excluding carboxylic acids is 2. The highest BCUT2D eigenvalue weighted by Crippen LogP contribution is 2.25. The van der Waals surface area contributed by atoms with Crippen molar-refractivity contribution in [1.29, 1.82) is 0 Å². The zero-order valence-corrected chi connectivity index (χ0v) is 15.2. The van der Waals surface area contributed by atoms with Gasteiger partial charge in [-0.1, -0.05) is 30.3 Å². The SMILES string of the molecule is CCOc1ccc(/C=C/C(=O)OCC(=O)c2oc3ccccc3c2C)cc1. The van der Waals surface area contributed by atoms with Crippen LogP contribution in [-0.4, -0.2) is 25.0 Å². The second-order valence-corrected chi connectivity index (χ2v) is 5.92. The molecule has 3 aromatic rings. The van der Waals surface area contributed by atoms with Crippen LogP contribution < -0.4 is 4.74 Å². The number of ether oxygens (including phenoxy) is 2. The smallest absolute Gasteiger partial charge is 0.331 e. The number of aryl methyl sites for hydroxylation is 1. The van der Waals surface area contributed by atoms with Crippen molar-refractivity contribution in [1.82, 2.24) is 0 Å². The van der Waals surface area contributed by atoms with Gasteiger partial charge >= 0.3 is 5.97 Å². The van der Waals surface area contributed by atoms with Crippen LogP contribution in [0.4, 0.5) is 0 Å². The molecular weight excluding hydrogens is 344 g/mol. The van der Waals surface area contributed by atoms with Crippen LogP contribution in [0.5, 0.6) is 5.75 Å². The lowest BCUT2D eigenvalue weighted by Gasteiger charge is -2.02. The van der Waals surface area contributed by atoms with Crippen LogP contribution in [0.3, 0.4) is 0 Å². The third-order valence-electron chi connectivity index (χ3n) is 4.05. The highest BCUT2D eigenvalue weighted by atomic mass is 16.5. The molecule has 0 aliphatic heterocycles. The zero-order chi connectivity index (χ0) is 19.2. The van der Waals surface area contributed by atoms with Gasteiger partial charge in [-0.25, -0.2) is 4.79 Å². The Kier molecular flexibility index (Phi) is 5.71. The second kappa shape index (κ2) is 8.36. The van der Waals surface area contributed by atoms with E-state index in [1.54, 1.807) is 12.1 Å². The topological polar surface area (TPSA) is 65.7 Å². The van der Waals surface area contributed by atoms with Crippen molar-refractivity contribution in [2.24, 2.45) is 0 Å². The molecule has 27 heavy (non-hydrogen) atoms. The molecule has 0 spiro atoms. The summed E-state index contributed by atoms with van der Waals surface area (Å²) in [6, 6.07) is 14.7. The Morgan fingerprint density at radius 2 is 1.81 bits per heavy atom. The molecule has 1 heterocycles. The monoisotopic (exact) mass is 364 g/mol. The average molecular weight is 364 g/mol. The summed E-state index contributed by atoms with van der Waals surface area (Å²) < 4.78 is 16.0. The normalized spacial score (nSPS) is 11.0. The van der Waals surface area contributed by atoms with Crippen molar-refractivity contribution < 1.29 is 23.5 Å². The van der Waals surface area contributed by atoms with E-state index in [9.17, 15) is 9.59 Å². The maximum Gasteiger partial charge on any atom is 0.331 e. The molecule has 0 saturated heterocycles. The molecule has 0 unspecified atom stereocenters. The van der Waals surface area contributed by atoms with Gasteiger partial charge in [0.05, 0.1) is 6.61 Å². The van der Waals surface area contributed by atoms with Gasteiger partial charge < -0.3 is 13.9 Å². The number of benzene rings is 2. The molecule has 0 amide bonds. The molecule has 0 aliphatic rings. The summed E-state index contributed by atoms with van der Waals surface area (Å²) in [7, 11) is 0. The largest absolute Gasteiger partial charge is 0.494 e. The lowest BCUT2D eigenvalue weighted by molar-refractivity contribution is -0.136. The molecule has 0 radical (unpaired) electrons. The zero-order valence-electron chi connectivity index (χ0n) is 15.2. The molecule has 5 heteroatoms. The Morgan fingerprint density at radius 3 is 2.52 bits per heavy atom. The van der Waals surface area contributed by atoms with E-state index in [2.05, 4.69) is 0 Å². The summed E-state index contributed by atoms with van der Waals surface area (Å²) in [5, 5.41) is 0.877. The number of carbonyl (C=O) groups is 2. The van der Waals surface area contributed by atoms with Gasteiger partial charge in [0.15, 0.2) is 12.4 Å². The Balaban J connectivity index is 1.58. The van der Waals surface area contributed by atoms with Crippen molar-refractivity contribution >= 4 is 28.8 Å². The van der Waals surface area contributed by atoms with E-state index in [1.807, 2.05) is 56.3 Å². The molecule has 0 bridgehead atoms. The third-order valence-corrected chi connectivity index (χ3v) is 4.05. The van der Waals surface area contributed by atoms with Crippen molar-refractivity contribution in [3.63, 3.8) is 0 Å². The highest BCUT2D eigenvalue weighted by Gasteiger charge is 2.18. The van der Waals surface area contributed by atoms with Crippen LogP contribution in [0.25, 0.3) is 17.0 Å². The van der Waals surface area contributed by atoms with Crippen LogP contribution in [0.1, 0.15) is 28.6 Å². The van der Waals surface area contributed by atoms with Gasteiger partial charge in [-0.2, -0.15) is 0 Å². The number of hydrogen-bond donors (Lipinski definition) is 0. The molecule has 0 saturated carbocycles. The van der Waals surface area contributed by atoms with Gasteiger partial charge in [-0.3, -0.25) is 4.79 Å². The first-order valence-electron chi connectivity index (χ1n) is 8.67. The van der Waals surface area contributed by atoms with Gasteiger partial charge in [0.1, 0.15) is 11.3 Å². The number of esters is 1. The number of ketones is 1. The molecule has 0 N–H and O–H groups in total. The molecule has 1 aromatic heterocycles. The number of Topliss-reactive ketones (excluding diaryl/α,β-unsaturated/α-hetero) is 1. The van der Waals surface area contributed by atoms with Crippen molar-refractivity contribution in [2.75, 3.05) is 13.2 Å². The Labute approximate surface area is 157 Å². The lowest BCUT2D eigenvalue weighted by Crippen LogP contribution is -2.12. The number of fused-ring (bicyclic) bond motifs is 1. The third kappa shape index (κ3) is 4.44. The summed E-state index contributed by atoms with van der Waals surface area (Å²) in [5.74, 6) is 0.0287. The first kappa shape index (κ1) is 18.5. The Bertz CT molecular complexity index is 980. The van der Waals surface area contributed by atoms with E-state index >= 15 is 0 Å². The molecule has 0 atom stereocenters. The fraction of sp³-hybridized carbons (Fsp3) is 0.182. The van der Waals surface area contributed by atoms with Gasteiger partial charge in [0, 0.05) is 17.0 Å². The summed E-state index contributed by atoms with van der Waals surface area (Å²) in [6.07, 6.45) is 2.91. The minimum Gasteiger partial charge on any atom is -0.494 e. The number of hydrogen-bond acceptors (Lipinski definition) is 5. The number of rotatable bonds is 7. The second-order valence-electron chi connectivity index (χ2n) is 5.92. The summed E-state index contributed by atoms with van der Waals surface area (Å²) >= 11 is 0. The highest BCUT2D eigenvalue weighted by molar-refractivity contribution is 6.02. The minimum atomic E-state index is -0.592. The molecule has 0 aliphatic carbocycles. The van der Waals surface area contributed by atoms with E-state index in [4.69, 9.17) is 13.9 Å². The predicted octanol–water partition coefficient (Wildman–Crippen LogP) is 4.58. The average Bonchev–Trinajstić information content (AvgIpc) is 3.03. The number of para-hydroxylation sites is 1. The van der Waals surface area contributed by atoms with Crippen molar-refractivity contribution in [3.05, 3.63) is 71.5 Å². The van der Waals surface area contributed by atoms with Gasteiger partial charge in [0.25, 0.3) is 0 Å². The van der Waals surface area contributed by atoms with Crippen LogP contribution in [0, 0.1) is 6.92 Å². The standard InChI is InChI=1S/C22H20O5/c1-3-25-17-11-8-16(9-12-17)10-13-21(24)26-14-19(23)22-15(2)18-6-4-5-7-20(18)27-22/h4-13H,3,14H2,1-2H3/b13-10+. The molecular formula is C22H20O5. The lowest BCUT2D eigenvalue weighted by atomic mass is 10.1. The van der Waals surface area contributed by atoms with E-state index < -0.39 is 5.97 Å². The summed E-state index contributed by atoms with van der Waals surface area (Å²) in [6.45, 7) is 3.96. The molecule has 0 fully saturated rings.